The number of nitrogens with one attached hydrogen (secondary N) is 1. The van der Waals surface area contributed by atoms with Crippen LogP contribution in [0.1, 0.15) is 16.8 Å². The highest BCUT2D eigenvalue weighted by Gasteiger charge is 2.08. The van der Waals surface area contributed by atoms with Crippen LogP contribution in [0.5, 0.6) is 5.75 Å². The molecule has 7 heteroatoms. The molecule has 1 N–H and O–H groups in total. The van der Waals surface area contributed by atoms with Crippen LogP contribution >= 0.6 is 34.7 Å². The fraction of sp³-hybridized carbons (Fsp3) is 0.238. The predicted octanol–water partition coefficient (Wildman–Crippen LogP) is 5.00. The van der Waals surface area contributed by atoms with Crippen LogP contribution in [0.4, 0.5) is 0 Å². The number of carbonyl (C=O) groups is 1. The molecule has 0 aliphatic heterocycles. The van der Waals surface area contributed by atoms with E-state index in [1.165, 1.54) is 0 Å². The number of thiazole rings is 1. The van der Waals surface area contributed by atoms with Gasteiger partial charge in [0.15, 0.2) is 0 Å². The minimum Gasteiger partial charge on any atom is -0.497 e. The van der Waals surface area contributed by atoms with E-state index in [1.807, 2.05) is 53.9 Å². The van der Waals surface area contributed by atoms with Crippen LogP contribution in [0, 0.1) is 0 Å². The van der Waals surface area contributed by atoms with Crippen molar-refractivity contribution in [3.63, 3.8) is 0 Å². The second kappa shape index (κ2) is 10.5. The number of ether oxygens (including phenoxy) is 1. The van der Waals surface area contributed by atoms with Gasteiger partial charge >= 0.3 is 0 Å². The summed E-state index contributed by atoms with van der Waals surface area (Å²) >= 11 is 9.23. The number of methoxy groups -OCH3 is 1. The number of benzene rings is 2. The molecule has 0 fully saturated rings. The van der Waals surface area contributed by atoms with Crippen molar-refractivity contribution in [1.82, 2.24) is 10.3 Å². The van der Waals surface area contributed by atoms with Gasteiger partial charge < -0.3 is 10.1 Å². The average Bonchev–Trinajstić information content (AvgIpc) is 3.14. The summed E-state index contributed by atoms with van der Waals surface area (Å²) < 4.78 is 6.10. The molecule has 0 aliphatic carbocycles. The molecule has 0 saturated carbocycles. The van der Waals surface area contributed by atoms with Gasteiger partial charge in [0, 0.05) is 22.7 Å². The van der Waals surface area contributed by atoms with E-state index < -0.39 is 0 Å². The Morgan fingerprint density at radius 2 is 2.04 bits per heavy atom. The van der Waals surface area contributed by atoms with Gasteiger partial charge in [-0.05, 0) is 41.8 Å². The molecule has 3 aromatic rings. The average molecular weight is 433 g/mol. The largest absolute Gasteiger partial charge is 0.497 e. The first-order valence-electron chi connectivity index (χ1n) is 8.83. The lowest BCUT2D eigenvalue weighted by molar-refractivity contribution is -0.120. The summed E-state index contributed by atoms with van der Waals surface area (Å²) in [5, 5.41) is 5.64. The number of hydrogen-bond donors (Lipinski definition) is 1. The summed E-state index contributed by atoms with van der Waals surface area (Å²) in [5.74, 6) is 1.63. The van der Waals surface area contributed by atoms with Crippen LogP contribution in [0.15, 0.2) is 58.3 Å². The fourth-order valence-electron chi connectivity index (χ4n) is 2.57. The quantitative estimate of drug-likeness (QED) is 0.483. The van der Waals surface area contributed by atoms with Gasteiger partial charge in [0.05, 0.1) is 19.2 Å². The summed E-state index contributed by atoms with van der Waals surface area (Å²) in [4.78, 5) is 16.7. The first-order valence-corrected chi connectivity index (χ1v) is 11.1. The van der Waals surface area contributed by atoms with E-state index >= 15 is 0 Å². The lowest BCUT2D eigenvalue weighted by Crippen LogP contribution is -2.27. The number of halogens is 1. The number of carbonyl (C=O) groups excluding carboxylic acids is 1. The lowest BCUT2D eigenvalue weighted by Gasteiger charge is -2.05. The Balaban J connectivity index is 1.40. The van der Waals surface area contributed by atoms with Gasteiger partial charge in [-0.2, -0.15) is 0 Å². The Morgan fingerprint density at radius 3 is 2.79 bits per heavy atom. The van der Waals surface area contributed by atoms with Gasteiger partial charge in [0.2, 0.25) is 5.91 Å². The molecule has 0 spiro atoms. The van der Waals surface area contributed by atoms with Crippen molar-refractivity contribution < 1.29 is 9.53 Å². The molecule has 1 aromatic heterocycles. The standard InChI is InChI=1S/C21H21ClN2O2S2/c1-26-19-7-5-15(6-8-19)9-10-23-20(25)12-18-14-28-21(24-18)27-13-16-3-2-4-17(22)11-16/h2-8,11,14H,9-10,12-13H2,1H3,(H,23,25). The van der Waals surface area contributed by atoms with E-state index in [2.05, 4.69) is 10.3 Å². The third-order valence-electron chi connectivity index (χ3n) is 4.02. The molecule has 1 amide bonds. The van der Waals surface area contributed by atoms with Crippen molar-refractivity contribution in [2.75, 3.05) is 13.7 Å². The van der Waals surface area contributed by atoms with Gasteiger partial charge in [0.1, 0.15) is 10.1 Å². The summed E-state index contributed by atoms with van der Waals surface area (Å²) in [7, 11) is 1.65. The Morgan fingerprint density at radius 1 is 1.21 bits per heavy atom. The van der Waals surface area contributed by atoms with Crippen LogP contribution in [-0.2, 0) is 23.4 Å². The van der Waals surface area contributed by atoms with Gasteiger partial charge in [0.25, 0.3) is 0 Å². The highest BCUT2D eigenvalue weighted by molar-refractivity contribution is 8.00. The summed E-state index contributed by atoms with van der Waals surface area (Å²) in [6.45, 7) is 0.603. The zero-order valence-corrected chi connectivity index (χ0v) is 17.9. The third-order valence-corrected chi connectivity index (χ3v) is 6.39. The monoisotopic (exact) mass is 432 g/mol. The van der Waals surface area contributed by atoms with Gasteiger partial charge in [-0.25, -0.2) is 4.98 Å². The molecule has 4 nitrogen and oxygen atoms in total. The zero-order valence-electron chi connectivity index (χ0n) is 15.5. The van der Waals surface area contributed by atoms with Crippen molar-refractivity contribution in [2.45, 2.75) is 22.9 Å². The maximum absolute atomic E-state index is 12.1. The molecular formula is C21H21ClN2O2S2. The second-order valence-corrected chi connectivity index (χ2v) is 8.67. The number of thioether (sulfide) groups is 1. The Kier molecular flexibility index (Phi) is 7.77. The maximum atomic E-state index is 12.1. The SMILES string of the molecule is COc1ccc(CCNC(=O)Cc2csc(SCc3cccc(Cl)c3)n2)cc1. The van der Waals surface area contributed by atoms with Crippen LogP contribution in [-0.4, -0.2) is 24.5 Å². The van der Waals surface area contributed by atoms with E-state index in [1.54, 1.807) is 30.2 Å². The maximum Gasteiger partial charge on any atom is 0.226 e. The van der Waals surface area contributed by atoms with Crippen molar-refractivity contribution in [3.05, 3.63) is 75.8 Å². The molecule has 0 saturated heterocycles. The molecule has 1 heterocycles. The summed E-state index contributed by atoms with van der Waals surface area (Å²) in [6, 6.07) is 15.7. The Bertz CT molecular complexity index is 913. The number of aromatic nitrogens is 1. The molecule has 0 atom stereocenters. The molecular weight excluding hydrogens is 412 g/mol. The zero-order chi connectivity index (χ0) is 19.8. The van der Waals surface area contributed by atoms with E-state index in [9.17, 15) is 4.79 Å². The molecule has 0 bridgehead atoms. The first kappa shape index (κ1) is 20.7. The molecule has 2 aromatic carbocycles. The topological polar surface area (TPSA) is 51.2 Å². The fourth-order valence-corrected chi connectivity index (χ4v) is 4.57. The second-order valence-electron chi connectivity index (χ2n) is 6.15. The number of hydrogen-bond acceptors (Lipinski definition) is 5. The lowest BCUT2D eigenvalue weighted by atomic mass is 10.1. The summed E-state index contributed by atoms with van der Waals surface area (Å²) in [6.07, 6.45) is 1.09. The minimum atomic E-state index is -0.00907. The minimum absolute atomic E-state index is 0.00907. The molecule has 0 unspecified atom stereocenters. The molecule has 3 rings (SSSR count). The number of nitrogens with zero attached hydrogens (tertiary/aromatic N) is 1. The third kappa shape index (κ3) is 6.55. The number of amides is 1. The van der Waals surface area contributed by atoms with Crippen LogP contribution < -0.4 is 10.1 Å². The van der Waals surface area contributed by atoms with E-state index in [-0.39, 0.29) is 5.91 Å². The van der Waals surface area contributed by atoms with Crippen molar-refractivity contribution in [1.29, 1.82) is 0 Å². The first-order chi connectivity index (χ1) is 13.6. The van der Waals surface area contributed by atoms with Crippen molar-refractivity contribution >= 4 is 40.6 Å². The predicted molar refractivity (Wildman–Crippen MR) is 117 cm³/mol. The van der Waals surface area contributed by atoms with Crippen molar-refractivity contribution in [3.8, 4) is 5.75 Å². The summed E-state index contributed by atoms with van der Waals surface area (Å²) in [5.41, 5.74) is 3.13. The smallest absolute Gasteiger partial charge is 0.226 e. The number of rotatable bonds is 9. The highest BCUT2D eigenvalue weighted by Crippen LogP contribution is 2.27. The van der Waals surface area contributed by atoms with E-state index in [0.717, 1.165) is 44.1 Å². The van der Waals surface area contributed by atoms with Gasteiger partial charge in [-0.3, -0.25) is 4.79 Å². The molecule has 0 aliphatic rings. The normalized spacial score (nSPS) is 10.6. The van der Waals surface area contributed by atoms with Gasteiger partial charge in [-0.15, -0.1) is 11.3 Å². The van der Waals surface area contributed by atoms with Crippen LogP contribution in [0.3, 0.4) is 0 Å². The van der Waals surface area contributed by atoms with Crippen LogP contribution in [0.2, 0.25) is 5.02 Å². The molecule has 146 valence electrons. The van der Waals surface area contributed by atoms with E-state index in [4.69, 9.17) is 16.3 Å². The van der Waals surface area contributed by atoms with E-state index in [0.29, 0.717) is 13.0 Å². The van der Waals surface area contributed by atoms with Gasteiger partial charge in [-0.1, -0.05) is 47.6 Å². The molecule has 28 heavy (non-hydrogen) atoms. The van der Waals surface area contributed by atoms with Crippen molar-refractivity contribution in [2.24, 2.45) is 0 Å². The Labute approximate surface area is 178 Å². The van der Waals surface area contributed by atoms with Crippen LogP contribution in [0.25, 0.3) is 0 Å². The molecule has 0 radical (unpaired) electrons. The highest BCUT2D eigenvalue weighted by atomic mass is 35.5. The Hall–Kier alpha value is -2.02.